The van der Waals surface area contributed by atoms with E-state index < -0.39 is 22.1 Å². The van der Waals surface area contributed by atoms with Gasteiger partial charge in [0.1, 0.15) is 12.6 Å². The van der Waals surface area contributed by atoms with E-state index in [4.69, 9.17) is 36.1 Å². The van der Waals surface area contributed by atoms with Gasteiger partial charge in [-0.15, -0.1) is 0 Å². The molecule has 1 aliphatic rings. The fraction of sp³-hybridized carbons (Fsp3) is 0.444. The first-order valence-electron chi connectivity index (χ1n) is 12.9. The molecule has 1 heterocycles. The smallest absolute Gasteiger partial charge is 0.266 e. The van der Waals surface area contributed by atoms with Crippen molar-refractivity contribution < 1.29 is 24.2 Å². The number of hydrogen-bond acceptors (Lipinski definition) is 8. The van der Waals surface area contributed by atoms with E-state index >= 15 is 0 Å². The van der Waals surface area contributed by atoms with Gasteiger partial charge in [-0.2, -0.15) is 0 Å². The Morgan fingerprint density at radius 3 is 2.38 bits per heavy atom. The molecule has 0 aromatic heterocycles. The van der Waals surface area contributed by atoms with Crippen LogP contribution < -0.4 is 10.6 Å². The molecule has 0 saturated carbocycles. The van der Waals surface area contributed by atoms with Crippen molar-refractivity contribution in [2.24, 2.45) is 0 Å². The average Bonchev–Trinajstić information content (AvgIpc) is 2.96. The highest BCUT2D eigenvalue weighted by Gasteiger charge is 2.57. The zero-order valence-corrected chi connectivity index (χ0v) is 22.9. The molecule has 2 aromatic carbocycles. The minimum atomic E-state index is -2.76. The van der Waals surface area contributed by atoms with Gasteiger partial charge < -0.3 is 25.3 Å². The van der Waals surface area contributed by atoms with Gasteiger partial charge in [0.25, 0.3) is 5.91 Å². The summed E-state index contributed by atoms with van der Waals surface area (Å²) in [6, 6.07) is 13.3. The van der Waals surface area contributed by atoms with Crippen molar-refractivity contribution in [3.8, 4) is 0 Å². The van der Waals surface area contributed by atoms with Crippen molar-refractivity contribution in [2.45, 2.75) is 35.8 Å². The van der Waals surface area contributed by atoms with Gasteiger partial charge in [-0.3, -0.25) is 19.4 Å². The van der Waals surface area contributed by atoms with E-state index in [2.05, 4.69) is 27.7 Å². The molecule has 3 N–H and O–H groups in total. The van der Waals surface area contributed by atoms with Gasteiger partial charge in [0, 0.05) is 51.0 Å². The third-order valence-corrected chi connectivity index (χ3v) is 7.30. The fourth-order valence-corrected chi connectivity index (χ4v) is 4.71. The van der Waals surface area contributed by atoms with E-state index in [-0.39, 0.29) is 12.8 Å². The summed E-state index contributed by atoms with van der Waals surface area (Å²) < 4.78 is 5.43. The van der Waals surface area contributed by atoms with Gasteiger partial charge >= 0.3 is 0 Å². The van der Waals surface area contributed by atoms with E-state index in [1.165, 1.54) is 19.7 Å². The molecule has 2 aromatic rings. The first-order valence-corrected chi connectivity index (χ1v) is 12.9. The summed E-state index contributed by atoms with van der Waals surface area (Å²) in [5.74, 6) is -1.04. The van der Waals surface area contributed by atoms with Gasteiger partial charge in [-0.05, 0) is 29.8 Å². The summed E-state index contributed by atoms with van der Waals surface area (Å²) in [6.07, 6.45) is 0.726. The Morgan fingerprint density at radius 1 is 1.10 bits per heavy atom. The lowest BCUT2D eigenvalue weighted by molar-refractivity contribution is -0.167. The second kappa shape index (κ2) is 13.2. The van der Waals surface area contributed by atoms with Crippen molar-refractivity contribution >= 4 is 55.6 Å². The van der Waals surface area contributed by atoms with Crippen LogP contribution in [0, 0.1) is 0 Å². The molecule has 1 aliphatic heterocycles. The molecule has 1 amide bonds. The summed E-state index contributed by atoms with van der Waals surface area (Å²) >= 11 is 0. The lowest BCUT2D eigenvalue weighted by atomic mass is 9.27. The number of carbonyl (C=O) groups is 3. The zero-order chi connectivity index (χ0) is 29.6. The maximum Gasteiger partial charge on any atom is 0.266 e. The molecule has 0 spiro atoms. The molecule has 3 rings (SSSR count). The number of ether oxygens (including phenoxy) is 1. The van der Waals surface area contributed by atoms with Crippen molar-refractivity contribution in [3.05, 3.63) is 64.7 Å². The number of nitrogens with zero attached hydrogens (tertiary/aromatic N) is 2. The van der Waals surface area contributed by atoms with Crippen LogP contribution in [-0.4, -0.2) is 111 Å². The largest absolute Gasteiger partial charge is 0.381 e. The molecule has 202 valence electrons. The highest BCUT2D eigenvalue weighted by molar-refractivity contribution is 6.60. The number of hydrogen-bond donors (Lipinski definition) is 3. The number of morpholine rings is 1. The van der Waals surface area contributed by atoms with Gasteiger partial charge in [0.05, 0.1) is 44.6 Å². The van der Waals surface area contributed by atoms with Crippen LogP contribution in [0.2, 0.25) is 10.4 Å². The number of aldehydes is 2. The standard InChI is InChI=1S/C27H32B4N4O5/c1-32-24(38)26(39,27(30,31)25(28,29)18-37)34(2)16-22-21(17-36)7-4-8-23(22)33-14-19-5-3-6-20(13-19)15-35-9-11-40-12-10-35/h3-8,13,17-18,33,39H,9-12,14-16H2,1-2H3,(H,32,38). The van der Waals surface area contributed by atoms with Crippen LogP contribution in [0.4, 0.5) is 5.69 Å². The van der Waals surface area contributed by atoms with E-state index in [0.717, 1.165) is 43.3 Å². The topological polar surface area (TPSA) is 111 Å². The second-order valence-electron chi connectivity index (χ2n) is 10.1. The third-order valence-electron chi connectivity index (χ3n) is 7.30. The summed E-state index contributed by atoms with van der Waals surface area (Å²) in [6.45, 7) is 4.28. The quantitative estimate of drug-likeness (QED) is 0.186. The Labute approximate surface area is 241 Å². The monoisotopic (exact) mass is 536 g/mol. The molecule has 1 saturated heterocycles. The molecule has 40 heavy (non-hydrogen) atoms. The number of nitrogens with one attached hydrogen (secondary N) is 2. The summed E-state index contributed by atoms with van der Waals surface area (Å²) in [5, 5.41) is 12.1. The molecular formula is C27H32B4N4O5. The number of rotatable bonds is 13. The highest BCUT2D eigenvalue weighted by atomic mass is 16.5. The van der Waals surface area contributed by atoms with E-state index in [9.17, 15) is 19.5 Å². The Bertz CT molecular complexity index is 1210. The maximum atomic E-state index is 12.9. The van der Waals surface area contributed by atoms with Gasteiger partial charge in [0.2, 0.25) is 0 Å². The molecule has 9 nitrogen and oxygen atoms in total. The van der Waals surface area contributed by atoms with Crippen LogP contribution in [0.5, 0.6) is 0 Å². The molecule has 1 unspecified atom stereocenters. The minimum absolute atomic E-state index is 0.0638. The molecule has 0 bridgehead atoms. The Kier molecular flexibility index (Phi) is 10.5. The van der Waals surface area contributed by atoms with Crippen molar-refractivity contribution in [1.29, 1.82) is 0 Å². The number of anilines is 1. The van der Waals surface area contributed by atoms with E-state index in [0.29, 0.717) is 29.6 Å². The van der Waals surface area contributed by atoms with E-state index in [1.54, 1.807) is 18.2 Å². The molecule has 1 atom stereocenters. The van der Waals surface area contributed by atoms with Gasteiger partial charge in [-0.1, -0.05) is 46.8 Å². The Morgan fingerprint density at radius 2 is 1.75 bits per heavy atom. The Hall–Kier alpha value is -2.85. The maximum absolute atomic E-state index is 12.9. The normalized spacial score (nSPS) is 16.2. The number of aliphatic hydroxyl groups is 1. The molecule has 1 fully saturated rings. The first kappa shape index (κ1) is 31.7. The van der Waals surface area contributed by atoms with Crippen molar-refractivity contribution in [2.75, 3.05) is 45.7 Å². The van der Waals surface area contributed by atoms with Gasteiger partial charge in [0.15, 0.2) is 5.72 Å². The van der Waals surface area contributed by atoms with Crippen LogP contribution in [0.25, 0.3) is 0 Å². The summed E-state index contributed by atoms with van der Waals surface area (Å²) in [7, 11) is 26.4. The van der Waals surface area contributed by atoms with Crippen LogP contribution in [-0.2, 0) is 34.0 Å². The number of benzene rings is 2. The zero-order valence-electron chi connectivity index (χ0n) is 22.9. The lowest BCUT2D eigenvalue weighted by Gasteiger charge is -2.54. The summed E-state index contributed by atoms with van der Waals surface area (Å²) in [4.78, 5) is 39.9. The first-order chi connectivity index (χ1) is 18.9. The minimum Gasteiger partial charge on any atom is -0.381 e. The summed E-state index contributed by atoms with van der Waals surface area (Å²) in [5.41, 5.74) is 0.771. The molecule has 0 aliphatic carbocycles. The average molecular weight is 536 g/mol. The van der Waals surface area contributed by atoms with Crippen LogP contribution >= 0.6 is 0 Å². The fourth-order valence-electron chi connectivity index (χ4n) is 4.71. The second-order valence-corrected chi connectivity index (χ2v) is 10.1. The van der Waals surface area contributed by atoms with Crippen molar-refractivity contribution in [1.82, 2.24) is 15.1 Å². The lowest BCUT2D eigenvalue weighted by Crippen LogP contribution is -2.67. The van der Waals surface area contributed by atoms with Gasteiger partial charge in [-0.25, -0.2) is 0 Å². The highest BCUT2D eigenvalue weighted by Crippen LogP contribution is 2.50. The SMILES string of the molecule is [B]C([B])(C=O)C([B])([B])C(O)(C(=O)NC)N(C)Cc1c(C=O)cccc1NCc1cccc(CN2CCOCC2)c1. The molecule has 13 heteroatoms. The third kappa shape index (κ3) is 6.54. The predicted molar refractivity (Wildman–Crippen MR) is 157 cm³/mol. The van der Waals surface area contributed by atoms with Crippen molar-refractivity contribution in [3.63, 3.8) is 0 Å². The number of carbonyl (C=O) groups excluding carboxylic acids is 3. The van der Waals surface area contributed by atoms with E-state index in [1.807, 2.05) is 12.1 Å². The van der Waals surface area contributed by atoms with Crippen LogP contribution in [0.1, 0.15) is 27.0 Å². The molecular weight excluding hydrogens is 504 g/mol. The van der Waals surface area contributed by atoms with Crippen LogP contribution in [0.15, 0.2) is 42.5 Å². The number of likely N-dealkylation sites (N-methyl/N-ethyl adjacent to an activating group) is 2. The Balaban J connectivity index is 1.87. The van der Waals surface area contributed by atoms with Crippen LogP contribution in [0.3, 0.4) is 0 Å². The molecule has 8 radical (unpaired) electrons. The number of amides is 1. The predicted octanol–water partition coefficient (Wildman–Crippen LogP) is -0.0849.